The minimum Gasteiger partial charge on any atom is -0.496 e. The number of hydrogen-bond acceptors (Lipinski definition) is 4. The van der Waals surface area contributed by atoms with Gasteiger partial charge >= 0.3 is 0 Å². The Balaban J connectivity index is 2.63. The van der Waals surface area contributed by atoms with E-state index in [-0.39, 0.29) is 16.9 Å². The number of rotatable bonds is 6. The van der Waals surface area contributed by atoms with E-state index in [4.69, 9.17) is 4.74 Å². The van der Waals surface area contributed by atoms with E-state index in [9.17, 15) is 9.59 Å². The summed E-state index contributed by atoms with van der Waals surface area (Å²) in [5.41, 5.74) is 1.16. The Bertz CT molecular complexity index is 735. The van der Waals surface area contributed by atoms with Gasteiger partial charge in [0.1, 0.15) is 5.75 Å². The zero-order chi connectivity index (χ0) is 16.1. The third kappa shape index (κ3) is 3.24. The molecule has 0 N–H and O–H groups in total. The summed E-state index contributed by atoms with van der Waals surface area (Å²) in [5, 5.41) is 4.40. The van der Waals surface area contributed by atoms with Gasteiger partial charge in [0, 0.05) is 12.1 Å². The number of carbonyl (C=O) groups excluding carboxylic acids is 1. The number of unbranched alkanes of at least 4 members (excludes halogenated alkanes) is 1. The van der Waals surface area contributed by atoms with Gasteiger partial charge in [0.05, 0.1) is 18.4 Å². The van der Waals surface area contributed by atoms with Gasteiger partial charge in [-0.1, -0.05) is 25.5 Å². The van der Waals surface area contributed by atoms with E-state index in [0.29, 0.717) is 18.0 Å². The Morgan fingerprint density at radius 3 is 2.68 bits per heavy atom. The van der Waals surface area contributed by atoms with E-state index in [1.54, 1.807) is 13.2 Å². The molecule has 0 atom stereocenters. The molecule has 5 nitrogen and oxygen atoms in total. The molecule has 0 aliphatic heterocycles. The number of nitrogens with zero attached hydrogens (tertiary/aromatic N) is 2. The summed E-state index contributed by atoms with van der Waals surface area (Å²) < 4.78 is 6.72. The number of ketones is 1. The largest absolute Gasteiger partial charge is 0.496 e. The van der Waals surface area contributed by atoms with Crippen molar-refractivity contribution in [2.24, 2.45) is 0 Å². The fraction of sp³-hybridized carbons (Fsp3) is 0.353. The first-order valence-electron chi connectivity index (χ1n) is 7.35. The van der Waals surface area contributed by atoms with Crippen LogP contribution >= 0.6 is 0 Å². The van der Waals surface area contributed by atoms with Crippen molar-refractivity contribution in [3.05, 3.63) is 46.2 Å². The second-order valence-electron chi connectivity index (χ2n) is 5.08. The molecule has 116 valence electrons. The average Bonchev–Trinajstić information content (AvgIpc) is 2.53. The predicted octanol–water partition coefficient (Wildman–Crippen LogP) is 2.92. The molecule has 0 fully saturated rings. The Kier molecular flexibility index (Phi) is 5.09. The maximum Gasteiger partial charge on any atom is 0.277 e. The SMILES string of the molecule is CCCCn1nc(-c2ccccc2OC)cc(C(C)=O)c1=O. The number of aromatic nitrogens is 2. The van der Waals surface area contributed by atoms with Gasteiger partial charge in [0.15, 0.2) is 5.78 Å². The Morgan fingerprint density at radius 2 is 2.05 bits per heavy atom. The fourth-order valence-corrected chi connectivity index (χ4v) is 2.24. The Labute approximate surface area is 129 Å². The van der Waals surface area contributed by atoms with Crippen LogP contribution in [0.25, 0.3) is 11.3 Å². The zero-order valence-corrected chi connectivity index (χ0v) is 13.1. The number of methoxy groups -OCH3 is 1. The number of benzene rings is 1. The number of para-hydroxylation sites is 1. The maximum absolute atomic E-state index is 12.3. The van der Waals surface area contributed by atoms with Gasteiger partial charge in [0.25, 0.3) is 5.56 Å². The molecule has 0 aliphatic carbocycles. The van der Waals surface area contributed by atoms with Crippen molar-refractivity contribution in [3.8, 4) is 17.0 Å². The third-order valence-electron chi connectivity index (χ3n) is 3.46. The van der Waals surface area contributed by atoms with Crippen molar-refractivity contribution in [1.29, 1.82) is 0 Å². The molecule has 0 radical (unpaired) electrons. The second kappa shape index (κ2) is 7.02. The number of ether oxygens (including phenoxy) is 1. The lowest BCUT2D eigenvalue weighted by atomic mass is 10.1. The zero-order valence-electron chi connectivity index (χ0n) is 13.1. The predicted molar refractivity (Wildman–Crippen MR) is 85.4 cm³/mol. The maximum atomic E-state index is 12.3. The summed E-state index contributed by atoms with van der Waals surface area (Å²) in [4.78, 5) is 24.1. The first-order valence-corrected chi connectivity index (χ1v) is 7.35. The lowest BCUT2D eigenvalue weighted by Crippen LogP contribution is -2.28. The molecule has 5 heteroatoms. The van der Waals surface area contributed by atoms with Crippen molar-refractivity contribution in [1.82, 2.24) is 9.78 Å². The van der Waals surface area contributed by atoms with Gasteiger partial charge in [-0.3, -0.25) is 9.59 Å². The van der Waals surface area contributed by atoms with Gasteiger partial charge in [-0.25, -0.2) is 4.68 Å². The fourth-order valence-electron chi connectivity index (χ4n) is 2.24. The van der Waals surface area contributed by atoms with Gasteiger partial charge in [0.2, 0.25) is 0 Å². The lowest BCUT2D eigenvalue weighted by Gasteiger charge is -2.11. The van der Waals surface area contributed by atoms with E-state index in [1.165, 1.54) is 11.6 Å². The molecule has 2 rings (SSSR count). The van der Waals surface area contributed by atoms with Crippen LogP contribution in [0.3, 0.4) is 0 Å². The van der Waals surface area contributed by atoms with Crippen LogP contribution in [-0.4, -0.2) is 22.7 Å². The van der Waals surface area contributed by atoms with Crippen LogP contribution in [0.15, 0.2) is 35.1 Å². The smallest absolute Gasteiger partial charge is 0.277 e. The van der Waals surface area contributed by atoms with Crippen LogP contribution in [0, 0.1) is 0 Å². The van der Waals surface area contributed by atoms with Crippen LogP contribution in [0.5, 0.6) is 5.75 Å². The summed E-state index contributed by atoms with van der Waals surface area (Å²) in [7, 11) is 1.58. The molecule has 0 spiro atoms. The van der Waals surface area contributed by atoms with Crippen molar-refractivity contribution in [3.63, 3.8) is 0 Å². The summed E-state index contributed by atoms with van der Waals surface area (Å²) in [6.45, 7) is 3.94. The number of Topliss-reactive ketones (excluding diaryl/α,β-unsaturated/α-hetero) is 1. The summed E-state index contributed by atoms with van der Waals surface area (Å²) in [5.74, 6) is 0.402. The molecule has 0 amide bonds. The van der Waals surface area contributed by atoms with Crippen molar-refractivity contribution in [2.45, 2.75) is 33.2 Å². The van der Waals surface area contributed by atoms with Crippen LogP contribution in [0.1, 0.15) is 37.0 Å². The molecule has 22 heavy (non-hydrogen) atoms. The number of aryl methyl sites for hydroxylation is 1. The minimum atomic E-state index is -0.334. The molecule has 0 bridgehead atoms. The molecule has 2 aromatic rings. The van der Waals surface area contributed by atoms with Crippen molar-refractivity contribution >= 4 is 5.78 Å². The number of hydrogen-bond donors (Lipinski definition) is 0. The highest BCUT2D eigenvalue weighted by molar-refractivity contribution is 5.94. The molecular weight excluding hydrogens is 280 g/mol. The monoisotopic (exact) mass is 300 g/mol. The minimum absolute atomic E-state index is 0.159. The Hall–Kier alpha value is -2.43. The molecule has 0 aliphatic rings. The van der Waals surface area contributed by atoms with Crippen LogP contribution < -0.4 is 10.3 Å². The molecule has 1 heterocycles. The molecule has 0 saturated carbocycles. The summed E-state index contributed by atoms with van der Waals surface area (Å²) in [6, 6.07) is 8.96. The highest BCUT2D eigenvalue weighted by Crippen LogP contribution is 2.27. The van der Waals surface area contributed by atoms with Gasteiger partial charge in [-0.05, 0) is 31.5 Å². The van der Waals surface area contributed by atoms with E-state index < -0.39 is 0 Å². The van der Waals surface area contributed by atoms with E-state index in [0.717, 1.165) is 18.4 Å². The van der Waals surface area contributed by atoms with E-state index >= 15 is 0 Å². The number of carbonyl (C=O) groups is 1. The lowest BCUT2D eigenvalue weighted by molar-refractivity contribution is 0.101. The highest BCUT2D eigenvalue weighted by Gasteiger charge is 2.15. The van der Waals surface area contributed by atoms with Crippen LogP contribution in [-0.2, 0) is 6.54 Å². The summed E-state index contributed by atoms with van der Waals surface area (Å²) >= 11 is 0. The van der Waals surface area contributed by atoms with E-state index in [1.807, 2.05) is 31.2 Å². The quantitative estimate of drug-likeness (QED) is 0.770. The molecule has 0 unspecified atom stereocenters. The van der Waals surface area contributed by atoms with E-state index in [2.05, 4.69) is 5.10 Å². The van der Waals surface area contributed by atoms with Gasteiger partial charge in [-0.15, -0.1) is 0 Å². The normalized spacial score (nSPS) is 10.5. The molecular formula is C17H20N2O3. The molecule has 1 aromatic heterocycles. The topological polar surface area (TPSA) is 61.2 Å². The van der Waals surface area contributed by atoms with Gasteiger partial charge < -0.3 is 4.74 Å². The van der Waals surface area contributed by atoms with Gasteiger partial charge in [-0.2, -0.15) is 5.10 Å². The molecule has 0 saturated heterocycles. The first kappa shape index (κ1) is 15.9. The second-order valence-corrected chi connectivity index (χ2v) is 5.08. The average molecular weight is 300 g/mol. The van der Waals surface area contributed by atoms with Crippen molar-refractivity contribution < 1.29 is 9.53 Å². The van der Waals surface area contributed by atoms with Crippen LogP contribution in [0.4, 0.5) is 0 Å². The standard InChI is InChI=1S/C17H20N2O3/c1-4-5-10-19-17(21)14(12(2)20)11-15(18-19)13-8-6-7-9-16(13)22-3/h6-9,11H,4-5,10H2,1-3H3. The first-order chi connectivity index (χ1) is 10.6. The van der Waals surface area contributed by atoms with Crippen molar-refractivity contribution in [2.75, 3.05) is 7.11 Å². The summed E-state index contributed by atoms with van der Waals surface area (Å²) in [6.07, 6.45) is 1.78. The highest BCUT2D eigenvalue weighted by atomic mass is 16.5. The molecule has 1 aromatic carbocycles. The van der Waals surface area contributed by atoms with Crippen LogP contribution in [0.2, 0.25) is 0 Å². The third-order valence-corrected chi connectivity index (χ3v) is 3.46. The Morgan fingerprint density at radius 1 is 1.32 bits per heavy atom.